The van der Waals surface area contributed by atoms with Crippen LogP contribution >= 0.6 is 0 Å². The molecule has 7 heteroatoms. The molecule has 142 valence electrons. The van der Waals surface area contributed by atoms with Crippen LogP contribution in [0.5, 0.6) is 0 Å². The topological polar surface area (TPSA) is 89.5 Å². The van der Waals surface area contributed by atoms with Gasteiger partial charge >= 0.3 is 5.97 Å². The summed E-state index contributed by atoms with van der Waals surface area (Å²) in [6, 6.07) is 4.26. The van der Waals surface area contributed by atoms with E-state index in [1.807, 2.05) is 0 Å². The molecule has 0 aromatic heterocycles. The Hall–Kier alpha value is -2.15. The predicted molar refractivity (Wildman–Crippen MR) is 98.7 cm³/mol. The maximum absolute atomic E-state index is 12.2. The van der Waals surface area contributed by atoms with Gasteiger partial charge in [-0.25, -0.2) is 13.2 Å². The monoisotopic (exact) mass is 379 g/mol. The summed E-state index contributed by atoms with van der Waals surface area (Å²) in [6.07, 6.45) is 8.73. The SMILES string of the molecule is Cc1ccc(S(C)(=O)=O)cc1C(=O)OCC(=O)NCCC1=CCCCC1. The standard InChI is InChI=1S/C19H25NO5S/c1-14-8-9-16(26(2,23)24)12-17(14)19(22)25-13-18(21)20-11-10-15-6-4-3-5-7-15/h6,8-9,12H,3-5,7,10-11,13H2,1-2H3,(H,20,21). The van der Waals surface area contributed by atoms with Gasteiger partial charge in [-0.2, -0.15) is 0 Å². The van der Waals surface area contributed by atoms with Gasteiger partial charge in [0.15, 0.2) is 16.4 Å². The van der Waals surface area contributed by atoms with Crippen molar-refractivity contribution >= 4 is 21.7 Å². The first-order chi connectivity index (χ1) is 12.3. The number of rotatable bonds is 7. The Balaban J connectivity index is 1.84. The molecule has 1 amide bonds. The molecule has 0 aliphatic heterocycles. The van der Waals surface area contributed by atoms with E-state index in [1.54, 1.807) is 13.0 Å². The van der Waals surface area contributed by atoms with E-state index >= 15 is 0 Å². The third kappa shape index (κ3) is 5.98. The molecule has 0 spiro atoms. The van der Waals surface area contributed by atoms with Gasteiger partial charge in [0.25, 0.3) is 5.91 Å². The fourth-order valence-corrected chi connectivity index (χ4v) is 3.45. The Morgan fingerprint density at radius 3 is 2.65 bits per heavy atom. The highest BCUT2D eigenvalue weighted by molar-refractivity contribution is 7.90. The molecule has 0 radical (unpaired) electrons. The number of allylic oxidation sites excluding steroid dienone is 1. The third-order valence-electron chi connectivity index (χ3n) is 4.34. The molecule has 1 aromatic carbocycles. The predicted octanol–water partition coefficient (Wildman–Crippen LogP) is 2.56. The van der Waals surface area contributed by atoms with Crippen LogP contribution in [0.25, 0.3) is 0 Å². The van der Waals surface area contributed by atoms with E-state index in [-0.39, 0.29) is 23.0 Å². The summed E-state index contributed by atoms with van der Waals surface area (Å²) in [4.78, 5) is 24.0. The van der Waals surface area contributed by atoms with E-state index in [1.165, 1.54) is 30.5 Å². The van der Waals surface area contributed by atoms with Crippen LogP contribution in [-0.4, -0.2) is 39.7 Å². The summed E-state index contributed by atoms with van der Waals surface area (Å²) < 4.78 is 28.2. The fourth-order valence-electron chi connectivity index (χ4n) is 2.81. The number of carbonyl (C=O) groups excluding carboxylic acids is 2. The van der Waals surface area contributed by atoms with E-state index in [0.717, 1.165) is 25.5 Å². The average Bonchev–Trinajstić information content (AvgIpc) is 2.60. The Kier molecular flexibility index (Phi) is 6.97. The van der Waals surface area contributed by atoms with Crippen LogP contribution in [0, 0.1) is 6.92 Å². The molecule has 1 aliphatic rings. The summed E-state index contributed by atoms with van der Waals surface area (Å²) in [7, 11) is -3.42. The molecule has 0 unspecified atom stereocenters. The van der Waals surface area contributed by atoms with Crippen molar-refractivity contribution in [3.8, 4) is 0 Å². The minimum Gasteiger partial charge on any atom is -0.452 e. The van der Waals surface area contributed by atoms with Gasteiger partial charge in [0.2, 0.25) is 0 Å². The zero-order chi connectivity index (χ0) is 19.2. The summed E-state index contributed by atoms with van der Waals surface area (Å²) >= 11 is 0. The maximum Gasteiger partial charge on any atom is 0.338 e. The van der Waals surface area contributed by atoms with Gasteiger partial charge in [-0.3, -0.25) is 4.79 Å². The lowest BCUT2D eigenvalue weighted by atomic mass is 9.97. The van der Waals surface area contributed by atoms with E-state index in [2.05, 4.69) is 11.4 Å². The lowest BCUT2D eigenvalue weighted by molar-refractivity contribution is -0.124. The van der Waals surface area contributed by atoms with Crippen LogP contribution in [0.15, 0.2) is 34.7 Å². The van der Waals surface area contributed by atoms with Gasteiger partial charge in [-0.05, 0) is 56.7 Å². The van der Waals surface area contributed by atoms with Crippen molar-refractivity contribution in [1.82, 2.24) is 5.32 Å². The second-order valence-electron chi connectivity index (χ2n) is 6.53. The highest BCUT2D eigenvalue weighted by atomic mass is 32.2. The van der Waals surface area contributed by atoms with E-state index < -0.39 is 15.8 Å². The minimum absolute atomic E-state index is 0.0419. The molecule has 1 aliphatic carbocycles. The van der Waals surface area contributed by atoms with Crippen molar-refractivity contribution < 1.29 is 22.7 Å². The number of carbonyl (C=O) groups is 2. The van der Waals surface area contributed by atoms with Crippen LogP contribution < -0.4 is 5.32 Å². The van der Waals surface area contributed by atoms with E-state index in [4.69, 9.17) is 4.74 Å². The molecule has 0 bridgehead atoms. The second-order valence-corrected chi connectivity index (χ2v) is 8.55. The molecular weight excluding hydrogens is 354 g/mol. The Morgan fingerprint density at radius 2 is 2.00 bits per heavy atom. The van der Waals surface area contributed by atoms with Crippen molar-refractivity contribution in [2.75, 3.05) is 19.4 Å². The van der Waals surface area contributed by atoms with Gasteiger partial charge < -0.3 is 10.1 Å². The van der Waals surface area contributed by atoms with Crippen molar-refractivity contribution in [2.24, 2.45) is 0 Å². The molecule has 1 N–H and O–H groups in total. The first-order valence-electron chi connectivity index (χ1n) is 8.70. The van der Waals surface area contributed by atoms with Crippen LogP contribution in [0.3, 0.4) is 0 Å². The Bertz CT molecular complexity index is 811. The molecule has 0 saturated heterocycles. The molecule has 6 nitrogen and oxygen atoms in total. The molecule has 1 aromatic rings. The number of nitrogens with one attached hydrogen (secondary N) is 1. The number of benzene rings is 1. The van der Waals surface area contributed by atoms with Crippen molar-refractivity contribution in [3.05, 3.63) is 41.0 Å². The lowest BCUT2D eigenvalue weighted by Crippen LogP contribution is -2.30. The number of ether oxygens (including phenoxy) is 1. The lowest BCUT2D eigenvalue weighted by Gasteiger charge is -2.13. The van der Waals surface area contributed by atoms with E-state index in [9.17, 15) is 18.0 Å². The quantitative estimate of drug-likeness (QED) is 0.581. The average molecular weight is 379 g/mol. The molecule has 0 heterocycles. The first kappa shape index (κ1) is 20.2. The first-order valence-corrected chi connectivity index (χ1v) is 10.6. The van der Waals surface area contributed by atoms with Crippen molar-refractivity contribution in [3.63, 3.8) is 0 Å². The highest BCUT2D eigenvalue weighted by Crippen LogP contribution is 2.19. The molecule has 0 atom stereocenters. The third-order valence-corrected chi connectivity index (χ3v) is 5.46. The smallest absolute Gasteiger partial charge is 0.338 e. The number of sulfone groups is 1. The van der Waals surface area contributed by atoms with Crippen molar-refractivity contribution in [1.29, 1.82) is 0 Å². The second kappa shape index (κ2) is 8.98. The van der Waals surface area contributed by atoms with Crippen LogP contribution in [-0.2, 0) is 19.4 Å². The molecule has 0 saturated carbocycles. The Morgan fingerprint density at radius 1 is 1.23 bits per heavy atom. The number of hydrogen-bond donors (Lipinski definition) is 1. The summed E-state index contributed by atoms with van der Waals surface area (Å²) in [5, 5.41) is 2.73. The van der Waals surface area contributed by atoms with Gasteiger partial charge in [-0.1, -0.05) is 17.7 Å². The van der Waals surface area contributed by atoms with Gasteiger partial charge in [0, 0.05) is 12.8 Å². The number of amides is 1. The Labute approximate surface area is 154 Å². The molecular formula is C19H25NO5S. The van der Waals surface area contributed by atoms with Crippen molar-refractivity contribution in [2.45, 2.75) is 43.9 Å². The van der Waals surface area contributed by atoms with Crippen LogP contribution in [0.2, 0.25) is 0 Å². The van der Waals surface area contributed by atoms with Gasteiger partial charge in [-0.15, -0.1) is 0 Å². The fraction of sp³-hybridized carbons (Fsp3) is 0.474. The van der Waals surface area contributed by atoms with Crippen LogP contribution in [0.4, 0.5) is 0 Å². The minimum atomic E-state index is -3.42. The summed E-state index contributed by atoms with van der Waals surface area (Å²) in [5.74, 6) is -1.08. The summed E-state index contributed by atoms with van der Waals surface area (Å²) in [6.45, 7) is 1.81. The maximum atomic E-state index is 12.2. The van der Waals surface area contributed by atoms with Gasteiger partial charge in [0.05, 0.1) is 10.5 Å². The van der Waals surface area contributed by atoms with Gasteiger partial charge in [0.1, 0.15) is 0 Å². The largest absolute Gasteiger partial charge is 0.452 e. The molecule has 2 rings (SSSR count). The summed E-state index contributed by atoms with van der Waals surface area (Å²) in [5.41, 5.74) is 2.10. The van der Waals surface area contributed by atoms with E-state index in [0.29, 0.717) is 12.1 Å². The number of hydrogen-bond acceptors (Lipinski definition) is 5. The number of aryl methyl sites for hydroxylation is 1. The molecule has 26 heavy (non-hydrogen) atoms. The highest BCUT2D eigenvalue weighted by Gasteiger charge is 2.16. The normalized spacial score (nSPS) is 14.5. The zero-order valence-corrected chi connectivity index (χ0v) is 16.0. The number of esters is 1. The zero-order valence-electron chi connectivity index (χ0n) is 15.2. The molecule has 0 fully saturated rings. The van der Waals surface area contributed by atoms with Crippen LogP contribution in [0.1, 0.15) is 48.0 Å².